The first-order valence-corrected chi connectivity index (χ1v) is 10.0. The summed E-state index contributed by atoms with van der Waals surface area (Å²) in [6, 6.07) is 12.4. The number of rotatable bonds is 4. The molecule has 1 unspecified atom stereocenters. The Kier molecular flexibility index (Phi) is 4.17. The molecule has 0 fully saturated rings. The van der Waals surface area contributed by atoms with Crippen LogP contribution in [0.3, 0.4) is 0 Å². The standard InChI is InChI=1S/C20H17N5O3S/c1-2-28-11-7-8-13-16(9-11)29-20(22-13)24-18(27)15-10-17(26)23-19-21-12-5-3-4-6-14(12)25(15)19/h3-9,15H,2,10H2,1H3,(H,21,23,26)(H,22,24,27). The molecular weight excluding hydrogens is 390 g/mol. The van der Waals surface area contributed by atoms with Gasteiger partial charge in [0, 0.05) is 0 Å². The summed E-state index contributed by atoms with van der Waals surface area (Å²) in [5.74, 6) is 0.611. The number of carbonyl (C=O) groups excluding carboxylic acids is 2. The van der Waals surface area contributed by atoms with Gasteiger partial charge in [-0.2, -0.15) is 0 Å². The number of carbonyl (C=O) groups is 2. The van der Waals surface area contributed by atoms with E-state index in [0.29, 0.717) is 17.7 Å². The molecule has 146 valence electrons. The van der Waals surface area contributed by atoms with Gasteiger partial charge >= 0.3 is 0 Å². The Hall–Kier alpha value is -3.46. The molecule has 1 atom stereocenters. The third-order valence-corrected chi connectivity index (χ3v) is 5.67. The first kappa shape index (κ1) is 17.6. The predicted octanol–water partition coefficient (Wildman–Crippen LogP) is 3.57. The highest BCUT2D eigenvalue weighted by Crippen LogP contribution is 2.33. The number of anilines is 2. The summed E-state index contributed by atoms with van der Waals surface area (Å²) in [6.45, 7) is 2.51. The smallest absolute Gasteiger partial charge is 0.249 e. The molecule has 2 aromatic carbocycles. The SMILES string of the molecule is CCOc1ccc2nc(NC(=O)C3CC(=O)Nc4nc5ccccc5n43)sc2c1. The topological polar surface area (TPSA) is 98.1 Å². The van der Waals surface area contributed by atoms with Crippen LogP contribution in [0.5, 0.6) is 5.75 Å². The van der Waals surface area contributed by atoms with Crippen LogP contribution in [0, 0.1) is 0 Å². The maximum Gasteiger partial charge on any atom is 0.249 e. The van der Waals surface area contributed by atoms with Crippen molar-refractivity contribution in [2.45, 2.75) is 19.4 Å². The maximum absolute atomic E-state index is 13.1. The van der Waals surface area contributed by atoms with Crippen molar-refractivity contribution in [2.75, 3.05) is 17.2 Å². The lowest BCUT2D eigenvalue weighted by molar-refractivity contribution is -0.124. The van der Waals surface area contributed by atoms with Gasteiger partial charge in [-0.25, -0.2) is 9.97 Å². The Bertz CT molecular complexity index is 1260. The van der Waals surface area contributed by atoms with E-state index in [0.717, 1.165) is 27.0 Å². The molecule has 0 radical (unpaired) electrons. The fourth-order valence-electron chi connectivity index (χ4n) is 3.50. The van der Waals surface area contributed by atoms with Gasteiger partial charge in [-0.05, 0) is 37.3 Å². The van der Waals surface area contributed by atoms with Gasteiger partial charge in [-0.3, -0.25) is 19.5 Å². The largest absolute Gasteiger partial charge is 0.494 e. The Balaban J connectivity index is 1.47. The maximum atomic E-state index is 13.1. The zero-order valence-electron chi connectivity index (χ0n) is 15.5. The number of hydrogen-bond donors (Lipinski definition) is 2. The van der Waals surface area contributed by atoms with E-state index in [2.05, 4.69) is 20.6 Å². The van der Waals surface area contributed by atoms with Crippen molar-refractivity contribution >= 4 is 55.5 Å². The molecule has 0 spiro atoms. The van der Waals surface area contributed by atoms with Crippen LogP contribution in [0.25, 0.3) is 21.3 Å². The molecule has 3 heterocycles. The number of para-hydroxylation sites is 2. The molecule has 0 bridgehead atoms. The van der Waals surface area contributed by atoms with Gasteiger partial charge in [0.25, 0.3) is 0 Å². The number of benzene rings is 2. The van der Waals surface area contributed by atoms with Crippen molar-refractivity contribution in [1.82, 2.24) is 14.5 Å². The fourth-order valence-corrected chi connectivity index (χ4v) is 4.40. The molecule has 1 aliphatic rings. The van der Waals surface area contributed by atoms with Gasteiger partial charge < -0.3 is 10.1 Å². The molecule has 8 nitrogen and oxygen atoms in total. The highest BCUT2D eigenvalue weighted by molar-refractivity contribution is 7.22. The summed E-state index contributed by atoms with van der Waals surface area (Å²) in [5, 5.41) is 6.09. The van der Waals surface area contributed by atoms with E-state index in [9.17, 15) is 9.59 Å². The second-order valence-electron chi connectivity index (χ2n) is 6.63. The lowest BCUT2D eigenvalue weighted by Gasteiger charge is -2.24. The van der Waals surface area contributed by atoms with Crippen LogP contribution in [0.1, 0.15) is 19.4 Å². The quantitative estimate of drug-likeness (QED) is 0.539. The molecule has 5 rings (SSSR count). The molecule has 0 aliphatic carbocycles. The van der Waals surface area contributed by atoms with Crippen LogP contribution in [0.2, 0.25) is 0 Å². The highest BCUT2D eigenvalue weighted by atomic mass is 32.1. The summed E-state index contributed by atoms with van der Waals surface area (Å²) < 4.78 is 8.21. The van der Waals surface area contributed by atoms with Crippen LogP contribution >= 0.6 is 11.3 Å². The van der Waals surface area contributed by atoms with E-state index >= 15 is 0 Å². The summed E-state index contributed by atoms with van der Waals surface area (Å²) in [7, 11) is 0. The molecule has 2 amide bonds. The molecule has 9 heteroatoms. The van der Waals surface area contributed by atoms with Gasteiger partial charge in [0.2, 0.25) is 17.8 Å². The molecule has 2 N–H and O–H groups in total. The number of fused-ring (bicyclic) bond motifs is 4. The number of amides is 2. The number of ether oxygens (including phenoxy) is 1. The van der Waals surface area contributed by atoms with Crippen molar-refractivity contribution in [2.24, 2.45) is 0 Å². The van der Waals surface area contributed by atoms with Crippen LogP contribution in [0.4, 0.5) is 11.1 Å². The van der Waals surface area contributed by atoms with Gasteiger partial charge in [0.15, 0.2) is 5.13 Å². The number of nitrogens with zero attached hydrogens (tertiary/aromatic N) is 3. The Morgan fingerprint density at radius 1 is 1.28 bits per heavy atom. The van der Waals surface area contributed by atoms with E-state index in [1.54, 1.807) is 4.57 Å². The fraction of sp³-hybridized carbons (Fsp3) is 0.200. The van der Waals surface area contributed by atoms with Crippen molar-refractivity contribution in [1.29, 1.82) is 0 Å². The minimum Gasteiger partial charge on any atom is -0.494 e. The van der Waals surface area contributed by atoms with Crippen LogP contribution in [-0.4, -0.2) is 33.0 Å². The molecule has 2 aromatic heterocycles. The zero-order valence-corrected chi connectivity index (χ0v) is 16.3. The summed E-state index contributed by atoms with van der Waals surface area (Å²) in [6.07, 6.45) is 0.0402. The average molecular weight is 407 g/mol. The third kappa shape index (κ3) is 3.09. The lowest BCUT2D eigenvalue weighted by atomic mass is 10.1. The first-order valence-electron chi connectivity index (χ1n) is 9.23. The van der Waals surface area contributed by atoms with Crippen molar-refractivity contribution in [3.05, 3.63) is 42.5 Å². The van der Waals surface area contributed by atoms with Crippen LogP contribution in [0.15, 0.2) is 42.5 Å². The Labute approximate surface area is 169 Å². The molecule has 0 saturated heterocycles. The van der Waals surface area contributed by atoms with Crippen LogP contribution in [-0.2, 0) is 9.59 Å². The van der Waals surface area contributed by atoms with Crippen molar-refractivity contribution in [3.8, 4) is 5.75 Å². The highest BCUT2D eigenvalue weighted by Gasteiger charge is 2.33. The van der Waals surface area contributed by atoms with Gasteiger partial charge in [-0.1, -0.05) is 23.5 Å². The second-order valence-corrected chi connectivity index (χ2v) is 7.66. The number of nitrogens with one attached hydrogen (secondary N) is 2. The lowest BCUT2D eigenvalue weighted by Crippen LogP contribution is -2.35. The van der Waals surface area contributed by atoms with Gasteiger partial charge in [-0.15, -0.1) is 0 Å². The van der Waals surface area contributed by atoms with E-state index in [4.69, 9.17) is 4.74 Å². The van der Waals surface area contributed by atoms with Crippen LogP contribution < -0.4 is 15.4 Å². The predicted molar refractivity (Wildman–Crippen MR) is 111 cm³/mol. The van der Waals surface area contributed by atoms with Crippen molar-refractivity contribution < 1.29 is 14.3 Å². The second kappa shape index (κ2) is 6.85. The normalized spacial score (nSPS) is 15.9. The Morgan fingerprint density at radius 3 is 3.00 bits per heavy atom. The minimum absolute atomic E-state index is 0.0402. The summed E-state index contributed by atoms with van der Waals surface area (Å²) >= 11 is 1.37. The van der Waals surface area contributed by atoms with E-state index < -0.39 is 6.04 Å². The number of hydrogen-bond acceptors (Lipinski definition) is 6. The third-order valence-electron chi connectivity index (χ3n) is 4.74. The number of thiazole rings is 1. The van der Waals surface area contributed by atoms with E-state index in [-0.39, 0.29) is 18.2 Å². The first-order chi connectivity index (χ1) is 14.1. The summed E-state index contributed by atoms with van der Waals surface area (Å²) in [5.41, 5.74) is 2.31. The minimum atomic E-state index is -0.697. The van der Waals surface area contributed by atoms with E-state index in [1.807, 2.05) is 49.4 Å². The van der Waals surface area contributed by atoms with Gasteiger partial charge in [0.05, 0.1) is 34.3 Å². The van der Waals surface area contributed by atoms with Crippen molar-refractivity contribution in [3.63, 3.8) is 0 Å². The average Bonchev–Trinajstić information content (AvgIpc) is 3.27. The Morgan fingerprint density at radius 2 is 2.14 bits per heavy atom. The molecular formula is C20H17N5O3S. The number of aromatic nitrogens is 3. The molecule has 29 heavy (non-hydrogen) atoms. The van der Waals surface area contributed by atoms with E-state index in [1.165, 1.54) is 11.3 Å². The molecule has 1 aliphatic heterocycles. The monoisotopic (exact) mass is 407 g/mol. The van der Waals surface area contributed by atoms with Gasteiger partial charge in [0.1, 0.15) is 11.8 Å². The summed E-state index contributed by atoms with van der Waals surface area (Å²) in [4.78, 5) is 34.1. The molecule has 4 aromatic rings. The molecule has 0 saturated carbocycles. The zero-order chi connectivity index (χ0) is 20.0. The number of imidazole rings is 1.